The molecule has 278 valence electrons. The van der Waals surface area contributed by atoms with E-state index < -0.39 is 243 Å². The zero-order valence-electron chi connectivity index (χ0n) is 60.3. The molecule has 0 aromatic heterocycles. The number of rotatable bonds is 9. The van der Waals surface area contributed by atoms with Crippen molar-refractivity contribution in [3.05, 3.63) is 248 Å². The molecule has 0 spiro atoms. The van der Waals surface area contributed by atoms with Crippen molar-refractivity contribution in [3.8, 4) is 66.8 Å². The van der Waals surface area contributed by atoms with E-state index in [-0.39, 0.29) is 11.1 Å². The van der Waals surface area contributed by atoms with E-state index in [1.165, 1.54) is 6.07 Å². The Morgan fingerprint density at radius 3 is 0.983 bits per heavy atom. The maximum Gasteiger partial charge on any atom is 0.0645 e. The molecule has 0 aliphatic carbocycles. The summed E-state index contributed by atoms with van der Waals surface area (Å²) in [7, 11) is 0. The van der Waals surface area contributed by atoms with Gasteiger partial charge in [0.05, 0.1) is 41.1 Å². The maximum absolute atomic E-state index is 9.67. The second-order valence-electron chi connectivity index (χ2n) is 12.6. The molecule has 0 amide bonds. The minimum atomic E-state index is -1.25. The van der Waals surface area contributed by atoms with Crippen molar-refractivity contribution in [1.29, 1.82) is 0 Å². The second kappa shape index (κ2) is 16.0. The summed E-state index contributed by atoms with van der Waals surface area (Å²) in [5, 5.41) is 1.82. The van der Waals surface area contributed by atoms with Crippen LogP contribution in [-0.2, 0) is 0 Å². The van der Waals surface area contributed by atoms with Crippen molar-refractivity contribution in [2.45, 2.75) is 0 Å². The minimum absolute atomic E-state index is 0.142. The van der Waals surface area contributed by atoms with Gasteiger partial charge < -0.3 is 4.90 Å². The number of benzene rings is 10. The van der Waals surface area contributed by atoms with Gasteiger partial charge in [0.1, 0.15) is 0 Å². The summed E-state index contributed by atoms with van der Waals surface area (Å²) >= 11 is 0. The summed E-state index contributed by atoms with van der Waals surface area (Å²) in [5.41, 5.74) is -8.84. The van der Waals surface area contributed by atoms with Crippen molar-refractivity contribution in [2.24, 2.45) is 0 Å². The van der Waals surface area contributed by atoms with Gasteiger partial charge in [-0.3, -0.25) is 0 Å². The van der Waals surface area contributed by atoms with Gasteiger partial charge in [0.25, 0.3) is 0 Å². The lowest BCUT2D eigenvalue weighted by Crippen LogP contribution is -2.09. The van der Waals surface area contributed by atoms with Crippen LogP contribution in [0.25, 0.3) is 77.5 Å². The van der Waals surface area contributed by atoms with E-state index in [0.717, 1.165) is 10.8 Å². The molecule has 0 saturated carbocycles. The summed E-state index contributed by atoms with van der Waals surface area (Å²) in [6.45, 7) is 0. The molecule has 10 aromatic rings. The van der Waals surface area contributed by atoms with E-state index in [0.29, 0.717) is 16.0 Å². The lowest BCUT2D eigenvalue weighted by molar-refractivity contribution is 1.28. The second-order valence-corrected chi connectivity index (χ2v) is 12.6. The molecule has 0 aliphatic heterocycles. The quantitative estimate of drug-likeness (QED) is 0.141. The van der Waals surface area contributed by atoms with Gasteiger partial charge in [-0.05, 0) is 126 Å². The summed E-state index contributed by atoms with van der Waals surface area (Å²) in [4.78, 5) is 0.401. The highest BCUT2D eigenvalue weighted by Gasteiger charge is 2.14. The molecule has 1 nitrogen and oxygen atoms in total. The molecule has 10 aromatic carbocycles. The average molecular weight is 782 g/mol. The Morgan fingerprint density at radius 1 is 0.237 bits per heavy atom. The SMILES string of the molecule is [2H]c1c([2H])c([2H])c(-c2c([2H])c([2H])c(-c3c([2H])c([2H])c(N(c4c([2H])c([2H])c(-c5cccc(-c6ccc7ccccc7c6)c5)c([2H])c4[2H])c4c([2H])c([2H])c(-c5c([2H])c([2H])c(-c6c([2H])c([2H])c([2H])c([2H])c6[2H])c([2H])c5[2H])c([2H])c4[2H])c([2H])c3[2H])c([2H])c2[2H])c([2H])c1[2H]. The van der Waals surface area contributed by atoms with Crippen LogP contribution >= 0.6 is 0 Å². The standard InChI is InChI=1S/C58H41N/c1-3-10-42(11-4-1)45-18-22-47(23-19-45)49-28-34-56(35-29-49)59(57-36-30-50(31-37-57)48-24-20-46(21-25-48)43-12-5-2-6-13-43)58-38-32-51(33-39-58)53-16-9-17-54(40-53)55-27-26-44-14-7-8-15-52(44)41-55/h1-41H/i1D,2D,3D,4D,5D,6D,10D,11D,12D,13D,18D,19D,20D,21D,22D,23D,24D,25D,28D,29D,30D,31D,32D,33D,34D,35D,36D,37D,38D,39D. The topological polar surface area (TPSA) is 3.24 Å². The molecule has 0 radical (unpaired) electrons. The Bertz CT molecular complexity index is 4400. The van der Waals surface area contributed by atoms with E-state index in [4.69, 9.17) is 24.7 Å². The molecular weight excluding hydrogens is 711 g/mol. The third-order valence-electron chi connectivity index (χ3n) is 8.99. The van der Waals surface area contributed by atoms with Crippen LogP contribution < -0.4 is 4.90 Å². The smallest absolute Gasteiger partial charge is 0.0645 e. The summed E-state index contributed by atoms with van der Waals surface area (Å²) in [6.07, 6.45) is 0. The number of anilines is 3. The first-order chi connectivity index (χ1) is 41.7. The van der Waals surface area contributed by atoms with Gasteiger partial charge in [0, 0.05) is 17.1 Å². The Kier molecular flexibility index (Phi) is 4.31. The van der Waals surface area contributed by atoms with Gasteiger partial charge in [-0.1, -0.05) is 200 Å². The molecule has 0 unspecified atom stereocenters. The molecular formula is C58H41N. The lowest BCUT2D eigenvalue weighted by Gasteiger charge is -2.26. The Morgan fingerprint density at radius 2 is 0.559 bits per heavy atom. The van der Waals surface area contributed by atoms with Gasteiger partial charge in [-0.15, -0.1) is 0 Å². The normalized spacial score (nSPS) is 18.2. The van der Waals surface area contributed by atoms with Crippen molar-refractivity contribution in [1.82, 2.24) is 0 Å². The molecule has 10 rings (SSSR count). The van der Waals surface area contributed by atoms with Crippen LogP contribution in [0.2, 0.25) is 0 Å². The van der Waals surface area contributed by atoms with Crippen LogP contribution in [0.4, 0.5) is 17.1 Å². The zero-order valence-corrected chi connectivity index (χ0v) is 30.3. The van der Waals surface area contributed by atoms with Gasteiger partial charge in [0.15, 0.2) is 0 Å². The number of fused-ring (bicyclic) bond motifs is 1. The van der Waals surface area contributed by atoms with Gasteiger partial charge in [-0.2, -0.15) is 0 Å². The number of nitrogens with zero attached hydrogens (tertiary/aromatic N) is 1. The first-order valence-electron chi connectivity index (χ1n) is 32.8. The number of hydrogen-bond acceptors (Lipinski definition) is 1. The predicted octanol–water partition coefficient (Wildman–Crippen LogP) is 16.3. The molecule has 0 bridgehead atoms. The summed E-state index contributed by atoms with van der Waals surface area (Å²) in [6, 6.07) is -11.1. The van der Waals surface area contributed by atoms with Crippen LogP contribution in [0.5, 0.6) is 0 Å². The van der Waals surface area contributed by atoms with E-state index in [1.807, 2.05) is 42.5 Å². The largest absolute Gasteiger partial charge is 0.311 e. The van der Waals surface area contributed by atoms with E-state index in [1.54, 1.807) is 18.2 Å². The van der Waals surface area contributed by atoms with Crippen LogP contribution in [0.1, 0.15) is 41.1 Å². The monoisotopic (exact) mass is 782 g/mol. The van der Waals surface area contributed by atoms with Gasteiger partial charge in [0.2, 0.25) is 0 Å². The van der Waals surface area contributed by atoms with Crippen molar-refractivity contribution >= 4 is 27.8 Å². The average Bonchev–Trinajstić information content (AvgIpc) is 0.746. The Balaban J connectivity index is 1.25. The van der Waals surface area contributed by atoms with Gasteiger partial charge >= 0.3 is 0 Å². The Hall–Kier alpha value is -7.74. The van der Waals surface area contributed by atoms with Crippen molar-refractivity contribution in [3.63, 3.8) is 0 Å². The highest BCUT2D eigenvalue weighted by Crippen LogP contribution is 2.39. The molecule has 1 heteroatoms. The maximum atomic E-state index is 9.67. The predicted molar refractivity (Wildman–Crippen MR) is 251 cm³/mol. The van der Waals surface area contributed by atoms with Crippen LogP contribution in [0.3, 0.4) is 0 Å². The highest BCUT2D eigenvalue weighted by molar-refractivity contribution is 5.88. The van der Waals surface area contributed by atoms with E-state index in [2.05, 4.69) is 0 Å². The molecule has 0 aliphatic rings. The molecule has 0 heterocycles. The molecule has 0 saturated heterocycles. The minimum Gasteiger partial charge on any atom is -0.311 e. The fourth-order valence-corrected chi connectivity index (χ4v) is 6.08. The van der Waals surface area contributed by atoms with Crippen molar-refractivity contribution < 1.29 is 41.1 Å². The van der Waals surface area contributed by atoms with Crippen LogP contribution in [0.15, 0.2) is 248 Å². The Labute approximate surface area is 388 Å². The van der Waals surface area contributed by atoms with E-state index >= 15 is 0 Å². The highest BCUT2D eigenvalue weighted by atomic mass is 15.1. The third-order valence-corrected chi connectivity index (χ3v) is 8.99. The number of hydrogen-bond donors (Lipinski definition) is 0. The fourth-order valence-electron chi connectivity index (χ4n) is 6.08. The molecule has 0 fully saturated rings. The summed E-state index contributed by atoms with van der Waals surface area (Å²) in [5.74, 6) is 0. The fraction of sp³-hybridized carbons (Fsp3) is 0. The zero-order chi connectivity index (χ0) is 65.5. The van der Waals surface area contributed by atoms with Crippen molar-refractivity contribution in [2.75, 3.05) is 4.90 Å². The van der Waals surface area contributed by atoms with Gasteiger partial charge in [-0.25, -0.2) is 0 Å². The first-order valence-corrected chi connectivity index (χ1v) is 17.8. The lowest BCUT2D eigenvalue weighted by atomic mass is 9.97. The molecule has 59 heavy (non-hydrogen) atoms. The van der Waals surface area contributed by atoms with Crippen LogP contribution in [0, 0.1) is 0 Å². The molecule has 0 atom stereocenters. The molecule has 0 N–H and O–H groups in total. The third kappa shape index (κ3) is 7.58. The van der Waals surface area contributed by atoms with E-state index in [9.17, 15) is 16.4 Å². The first kappa shape index (κ1) is 15.9. The van der Waals surface area contributed by atoms with Crippen LogP contribution in [-0.4, -0.2) is 0 Å². The summed E-state index contributed by atoms with van der Waals surface area (Å²) < 4.78 is 270.